The number of hydrogen-bond donors (Lipinski definition) is 3. The molecule has 1 saturated carbocycles. The number of rotatable bonds is 6. The van der Waals surface area contributed by atoms with Gasteiger partial charge in [-0.2, -0.15) is 0 Å². The van der Waals surface area contributed by atoms with Gasteiger partial charge in [0.05, 0.1) is 12.5 Å². The summed E-state index contributed by atoms with van der Waals surface area (Å²) in [4.78, 5) is 23.5. The summed E-state index contributed by atoms with van der Waals surface area (Å²) in [5, 5.41) is 21.3. The van der Waals surface area contributed by atoms with Gasteiger partial charge < -0.3 is 15.5 Å². The van der Waals surface area contributed by atoms with Crippen molar-refractivity contribution >= 4 is 11.9 Å². The molecule has 3 N–H and O–H groups in total. The Balaban J connectivity index is 1.87. The molecule has 6 nitrogen and oxygen atoms in total. The topological polar surface area (TPSA) is 89.9 Å². The molecule has 1 aliphatic heterocycles. The Bertz CT molecular complexity index is 330. The van der Waals surface area contributed by atoms with Gasteiger partial charge in [0.2, 0.25) is 0 Å². The second kappa shape index (κ2) is 5.67. The van der Waals surface area contributed by atoms with Crippen LogP contribution in [0.2, 0.25) is 0 Å². The molecular weight excluding hydrogens is 236 g/mol. The Kier molecular flexibility index (Phi) is 4.19. The first-order chi connectivity index (χ1) is 8.54. The van der Waals surface area contributed by atoms with Crippen molar-refractivity contribution < 1.29 is 19.8 Å². The van der Waals surface area contributed by atoms with Crippen molar-refractivity contribution in [3.8, 4) is 0 Å². The lowest BCUT2D eigenvalue weighted by Crippen LogP contribution is -2.52. The summed E-state index contributed by atoms with van der Waals surface area (Å²) in [6.07, 6.45) is 3.10. The van der Waals surface area contributed by atoms with Crippen LogP contribution in [-0.4, -0.2) is 59.3 Å². The molecule has 2 aliphatic rings. The third-order valence-electron chi connectivity index (χ3n) is 3.63. The molecule has 0 amide bonds. The maximum Gasteiger partial charge on any atom is 0.317 e. The fourth-order valence-electron chi connectivity index (χ4n) is 2.49. The standard InChI is InChI=1S/C12H20N2O4/c15-11(16)7-14-5-9(12(17)18)3-10(6-14)13-4-8-1-2-8/h8-10,13H,1-7H2,(H,15,16)(H,17,18). The lowest BCUT2D eigenvalue weighted by molar-refractivity contribution is -0.146. The monoisotopic (exact) mass is 256 g/mol. The number of carbonyl (C=O) groups is 2. The van der Waals surface area contributed by atoms with E-state index >= 15 is 0 Å². The van der Waals surface area contributed by atoms with Crippen LogP contribution in [0, 0.1) is 11.8 Å². The van der Waals surface area contributed by atoms with E-state index in [2.05, 4.69) is 5.32 Å². The largest absolute Gasteiger partial charge is 0.481 e. The lowest BCUT2D eigenvalue weighted by atomic mass is 9.94. The molecule has 2 rings (SSSR count). The predicted octanol–water partition coefficient (Wildman–Crippen LogP) is -0.154. The van der Waals surface area contributed by atoms with Crippen molar-refractivity contribution in [1.29, 1.82) is 0 Å². The summed E-state index contributed by atoms with van der Waals surface area (Å²) < 4.78 is 0. The minimum absolute atomic E-state index is 0.0780. The zero-order chi connectivity index (χ0) is 13.1. The Hall–Kier alpha value is -1.14. The maximum atomic E-state index is 11.1. The van der Waals surface area contributed by atoms with Gasteiger partial charge in [0.1, 0.15) is 0 Å². The van der Waals surface area contributed by atoms with Crippen LogP contribution in [0.15, 0.2) is 0 Å². The van der Waals surface area contributed by atoms with Gasteiger partial charge in [-0.25, -0.2) is 0 Å². The summed E-state index contributed by atoms with van der Waals surface area (Å²) in [5.41, 5.74) is 0. The molecule has 1 heterocycles. The van der Waals surface area contributed by atoms with Gasteiger partial charge in [0, 0.05) is 19.1 Å². The van der Waals surface area contributed by atoms with Crippen molar-refractivity contribution in [3.63, 3.8) is 0 Å². The lowest BCUT2D eigenvalue weighted by Gasteiger charge is -2.35. The fraction of sp³-hybridized carbons (Fsp3) is 0.833. The van der Waals surface area contributed by atoms with Crippen molar-refractivity contribution in [2.75, 3.05) is 26.2 Å². The first-order valence-electron chi connectivity index (χ1n) is 6.45. The van der Waals surface area contributed by atoms with Crippen LogP contribution < -0.4 is 5.32 Å². The van der Waals surface area contributed by atoms with E-state index in [-0.39, 0.29) is 12.6 Å². The van der Waals surface area contributed by atoms with E-state index in [4.69, 9.17) is 10.2 Å². The number of nitrogens with one attached hydrogen (secondary N) is 1. The highest BCUT2D eigenvalue weighted by Crippen LogP contribution is 2.28. The van der Waals surface area contributed by atoms with Crippen molar-refractivity contribution in [2.24, 2.45) is 11.8 Å². The van der Waals surface area contributed by atoms with Crippen LogP contribution in [0.3, 0.4) is 0 Å². The van der Waals surface area contributed by atoms with Crippen molar-refractivity contribution in [1.82, 2.24) is 10.2 Å². The second-order valence-electron chi connectivity index (χ2n) is 5.41. The molecule has 6 heteroatoms. The number of nitrogens with zero attached hydrogens (tertiary/aromatic N) is 1. The highest BCUT2D eigenvalue weighted by molar-refractivity contribution is 5.71. The molecule has 2 fully saturated rings. The summed E-state index contributed by atoms with van der Waals surface area (Å²) >= 11 is 0. The zero-order valence-corrected chi connectivity index (χ0v) is 10.3. The van der Waals surface area contributed by atoms with Crippen LogP contribution in [0.5, 0.6) is 0 Å². The Labute approximate surface area is 106 Å². The van der Waals surface area contributed by atoms with Gasteiger partial charge in [-0.15, -0.1) is 0 Å². The SMILES string of the molecule is O=C(O)CN1CC(NCC2CC2)CC(C(=O)O)C1. The second-order valence-corrected chi connectivity index (χ2v) is 5.41. The summed E-state index contributed by atoms with van der Waals surface area (Å²) in [5.74, 6) is -1.46. The molecule has 2 atom stereocenters. The molecule has 2 unspecified atom stereocenters. The summed E-state index contributed by atoms with van der Waals surface area (Å²) in [7, 11) is 0. The Morgan fingerprint density at radius 2 is 1.94 bits per heavy atom. The van der Waals surface area contributed by atoms with Gasteiger partial charge in [0.25, 0.3) is 0 Å². The molecule has 0 aromatic heterocycles. The van der Waals surface area contributed by atoms with Crippen LogP contribution >= 0.6 is 0 Å². The number of carboxylic acids is 2. The quantitative estimate of drug-likeness (QED) is 0.612. The fourth-order valence-corrected chi connectivity index (χ4v) is 2.49. The average Bonchev–Trinajstić information content (AvgIpc) is 3.08. The van der Waals surface area contributed by atoms with E-state index in [1.165, 1.54) is 12.8 Å². The van der Waals surface area contributed by atoms with Gasteiger partial charge in [0.15, 0.2) is 0 Å². The summed E-state index contributed by atoms with van der Waals surface area (Å²) in [6.45, 7) is 1.81. The predicted molar refractivity (Wildman–Crippen MR) is 64.3 cm³/mol. The average molecular weight is 256 g/mol. The summed E-state index contributed by atoms with van der Waals surface area (Å²) in [6, 6.07) is 0.0970. The number of piperidine rings is 1. The van der Waals surface area contributed by atoms with Crippen LogP contribution in [-0.2, 0) is 9.59 Å². The molecule has 0 radical (unpaired) electrons. The Morgan fingerprint density at radius 1 is 1.22 bits per heavy atom. The van der Waals surface area contributed by atoms with Crippen LogP contribution in [0.25, 0.3) is 0 Å². The molecule has 0 aromatic rings. The number of aliphatic carboxylic acids is 2. The zero-order valence-electron chi connectivity index (χ0n) is 10.3. The van der Waals surface area contributed by atoms with E-state index < -0.39 is 17.9 Å². The van der Waals surface area contributed by atoms with E-state index in [1.54, 1.807) is 4.90 Å². The van der Waals surface area contributed by atoms with E-state index in [1.807, 2.05) is 0 Å². The van der Waals surface area contributed by atoms with E-state index in [0.29, 0.717) is 19.5 Å². The molecular formula is C12H20N2O4. The van der Waals surface area contributed by atoms with E-state index in [9.17, 15) is 9.59 Å². The minimum atomic E-state index is -0.901. The number of likely N-dealkylation sites (tertiary alicyclic amines) is 1. The number of carboxylic acid groups (broad SMARTS) is 2. The van der Waals surface area contributed by atoms with Crippen molar-refractivity contribution in [2.45, 2.75) is 25.3 Å². The highest BCUT2D eigenvalue weighted by atomic mass is 16.4. The first-order valence-corrected chi connectivity index (χ1v) is 6.45. The maximum absolute atomic E-state index is 11.1. The molecule has 102 valence electrons. The third-order valence-corrected chi connectivity index (χ3v) is 3.63. The Morgan fingerprint density at radius 3 is 2.50 bits per heavy atom. The highest BCUT2D eigenvalue weighted by Gasteiger charge is 2.33. The molecule has 0 spiro atoms. The molecule has 18 heavy (non-hydrogen) atoms. The van der Waals surface area contributed by atoms with E-state index in [0.717, 1.165) is 12.5 Å². The van der Waals surface area contributed by atoms with Crippen molar-refractivity contribution in [3.05, 3.63) is 0 Å². The molecule has 0 aromatic carbocycles. The number of hydrogen-bond acceptors (Lipinski definition) is 4. The smallest absolute Gasteiger partial charge is 0.317 e. The first kappa shape index (κ1) is 13.3. The van der Waals surface area contributed by atoms with Gasteiger partial charge in [-0.05, 0) is 31.7 Å². The molecule has 0 bridgehead atoms. The van der Waals surface area contributed by atoms with Gasteiger partial charge in [-0.3, -0.25) is 14.5 Å². The van der Waals surface area contributed by atoms with Crippen LogP contribution in [0.4, 0.5) is 0 Å². The minimum Gasteiger partial charge on any atom is -0.481 e. The van der Waals surface area contributed by atoms with Gasteiger partial charge >= 0.3 is 11.9 Å². The molecule has 1 saturated heterocycles. The third kappa shape index (κ3) is 3.96. The molecule has 1 aliphatic carbocycles. The van der Waals surface area contributed by atoms with Crippen LogP contribution in [0.1, 0.15) is 19.3 Å². The normalized spacial score (nSPS) is 29.1. The van der Waals surface area contributed by atoms with Gasteiger partial charge in [-0.1, -0.05) is 0 Å².